The maximum absolute atomic E-state index is 12.9. The van der Waals surface area contributed by atoms with E-state index in [1.54, 1.807) is 30.5 Å². The van der Waals surface area contributed by atoms with Gasteiger partial charge in [-0.2, -0.15) is 0 Å². The molecule has 0 unspecified atom stereocenters. The Morgan fingerprint density at radius 3 is 2.48 bits per heavy atom. The summed E-state index contributed by atoms with van der Waals surface area (Å²) in [4.78, 5) is 16.5. The number of amides is 1. The van der Waals surface area contributed by atoms with Crippen molar-refractivity contribution < 1.29 is 18.7 Å². The van der Waals surface area contributed by atoms with Crippen molar-refractivity contribution in [2.45, 2.75) is 6.42 Å². The second-order valence-electron chi connectivity index (χ2n) is 6.55. The van der Waals surface area contributed by atoms with Gasteiger partial charge in [-0.1, -0.05) is 12.1 Å². The molecule has 0 bridgehead atoms. The Balaban J connectivity index is 1.31. The van der Waals surface area contributed by atoms with Crippen molar-refractivity contribution in [3.05, 3.63) is 77.9 Å². The monoisotopic (exact) mass is 393 g/mol. The number of carbonyl (C=O) groups excluding carboxylic acids is 1. The van der Waals surface area contributed by atoms with Gasteiger partial charge in [0, 0.05) is 18.3 Å². The van der Waals surface area contributed by atoms with Crippen LogP contribution in [0.25, 0.3) is 0 Å². The third-order valence-corrected chi connectivity index (χ3v) is 4.44. The van der Waals surface area contributed by atoms with E-state index in [0.717, 1.165) is 22.7 Å². The number of rotatable bonds is 6. The van der Waals surface area contributed by atoms with Gasteiger partial charge in [-0.25, -0.2) is 9.37 Å². The number of hydrogen-bond acceptors (Lipinski definition) is 5. The number of nitrogens with zero attached hydrogens (tertiary/aromatic N) is 1. The van der Waals surface area contributed by atoms with Crippen molar-refractivity contribution in [1.82, 2.24) is 10.3 Å². The van der Waals surface area contributed by atoms with Gasteiger partial charge in [-0.05, 0) is 48.4 Å². The number of ether oxygens (including phenoxy) is 2. The third kappa shape index (κ3) is 4.82. The van der Waals surface area contributed by atoms with Crippen molar-refractivity contribution in [2.75, 3.05) is 25.1 Å². The van der Waals surface area contributed by atoms with Crippen LogP contribution in [-0.2, 0) is 6.42 Å². The number of halogens is 1. The summed E-state index contributed by atoms with van der Waals surface area (Å²) < 4.78 is 24.0. The van der Waals surface area contributed by atoms with Gasteiger partial charge in [0.1, 0.15) is 24.7 Å². The normalized spacial score (nSPS) is 12.3. The fourth-order valence-electron chi connectivity index (χ4n) is 2.95. The van der Waals surface area contributed by atoms with Gasteiger partial charge in [0.25, 0.3) is 5.91 Å². The van der Waals surface area contributed by atoms with E-state index in [4.69, 9.17) is 9.47 Å². The molecule has 1 amide bonds. The molecule has 2 aromatic carbocycles. The molecule has 0 fully saturated rings. The van der Waals surface area contributed by atoms with E-state index in [1.165, 1.54) is 12.1 Å². The summed E-state index contributed by atoms with van der Waals surface area (Å²) in [5, 5.41) is 6.05. The zero-order valence-electron chi connectivity index (χ0n) is 15.7. The Morgan fingerprint density at radius 2 is 1.72 bits per heavy atom. The van der Waals surface area contributed by atoms with Gasteiger partial charge >= 0.3 is 0 Å². The minimum Gasteiger partial charge on any atom is -0.486 e. The van der Waals surface area contributed by atoms with E-state index in [0.29, 0.717) is 37.6 Å². The van der Waals surface area contributed by atoms with Gasteiger partial charge in [0.05, 0.1) is 11.9 Å². The maximum Gasteiger partial charge on any atom is 0.269 e. The lowest BCUT2D eigenvalue weighted by atomic mass is 10.1. The molecule has 2 heterocycles. The van der Waals surface area contributed by atoms with E-state index in [9.17, 15) is 9.18 Å². The summed E-state index contributed by atoms with van der Waals surface area (Å²) in [5.41, 5.74) is 2.88. The fourth-order valence-corrected chi connectivity index (χ4v) is 2.95. The molecule has 1 aliphatic rings. The first-order valence-corrected chi connectivity index (χ1v) is 9.33. The van der Waals surface area contributed by atoms with Crippen molar-refractivity contribution >= 4 is 17.3 Å². The molecule has 148 valence electrons. The quantitative estimate of drug-likeness (QED) is 0.668. The molecular weight excluding hydrogens is 373 g/mol. The number of aromatic nitrogens is 1. The van der Waals surface area contributed by atoms with Gasteiger partial charge in [0.2, 0.25) is 0 Å². The minimum absolute atomic E-state index is 0.252. The summed E-state index contributed by atoms with van der Waals surface area (Å²) in [5.74, 6) is 0.906. The molecular formula is C22H20FN3O3. The first-order chi connectivity index (χ1) is 14.2. The largest absolute Gasteiger partial charge is 0.486 e. The molecule has 1 aliphatic heterocycles. The highest BCUT2D eigenvalue weighted by atomic mass is 19.1. The highest BCUT2D eigenvalue weighted by Gasteiger charge is 2.12. The summed E-state index contributed by atoms with van der Waals surface area (Å²) >= 11 is 0. The number of benzene rings is 2. The maximum atomic E-state index is 12.9. The van der Waals surface area contributed by atoms with Crippen LogP contribution >= 0.6 is 0 Å². The molecule has 29 heavy (non-hydrogen) atoms. The smallest absolute Gasteiger partial charge is 0.269 e. The standard InChI is InChI=1S/C22H20FN3O3/c23-16-3-1-15(2-4-16)9-10-24-22(27)19-7-5-18(14-25-19)26-17-6-8-20-21(13-17)29-12-11-28-20/h1-8,13-14,26H,9-12H2,(H,24,27). The molecule has 0 spiro atoms. The summed E-state index contributed by atoms with van der Waals surface area (Å²) in [7, 11) is 0. The highest BCUT2D eigenvalue weighted by Crippen LogP contribution is 2.33. The number of fused-ring (bicyclic) bond motifs is 1. The van der Waals surface area contributed by atoms with Crippen molar-refractivity contribution in [1.29, 1.82) is 0 Å². The van der Waals surface area contributed by atoms with Crippen LogP contribution in [0.1, 0.15) is 16.1 Å². The van der Waals surface area contributed by atoms with Crippen LogP contribution in [0.4, 0.5) is 15.8 Å². The van der Waals surface area contributed by atoms with Crippen LogP contribution < -0.4 is 20.1 Å². The highest BCUT2D eigenvalue weighted by molar-refractivity contribution is 5.92. The second-order valence-corrected chi connectivity index (χ2v) is 6.55. The van der Waals surface area contributed by atoms with Gasteiger partial charge in [0.15, 0.2) is 11.5 Å². The molecule has 2 N–H and O–H groups in total. The molecule has 0 radical (unpaired) electrons. The Morgan fingerprint density at radius 1 is 0.966 bits per heavy atom. The Kier molecular flexibility index (Phi) is 5.56. The molecule has 0 saturated carbocycles. The van der Waals surface area contributed by atoms with Gasteiger partial charge in [-0.15, -0.1) is 0 Å². The summed E-state index contributed by atoms with van der Waals surface area (Å²) in [6.07, 6.45) is 2.22. The molecule has 4 rings (SSSR count). The second kappa shape index (κ2) is 8.60. The average Bonchev–Trinajstić information content (AvgIpc) is 2.75. The fraction of sp³-hybridized carbons (Fsp3) is 0.182. The molecule has 6 nitrogen and oxygen atoms in total. The zero-order chi connectivity index (χ0) is 20.1. The zero-order valence-corrected chi connectivity index (χ0v) is 15.7. The van der Waals surface area contributed by atoms with Crippen molar-refractivity contribution in [2.24, 2.45) is 0 Å². The van der Waals surface area contributed by atoms with Crippen LogP contribution in [0, 0.1) is 5.82 Å². The predicted molar refractivity (Wildman–Crippen MR) is 107 cm³/mol. The SMILES string of the molecule is O=C(NCCc1ccc(F)cc1)c1ccc(Nc2ccc3c(c2)OCCO3)cn1. The summed E-state index contributed by atoms with van der Waals surface area (Å²) in [6.45, 7) is 1.53. The Hall–Kier alpha value is -3.61. The Bertz CT molecular complexity index is 991. The third-order valence-electron chi connectivity index (χ3n) is 4.44. The lowest BCUT2D eigenvalue weighted by molar-refractivity contribution is 0.0949. The number of pyridine rings is 1. The molecule has 3 aromatic rings. The van der Waals surface area contributed by atoms with Crippen LogP contribution in [0.5, 0.6) is 11.5 Å². The van der Waals surface area contributed by atoms with Crippen LogP contribution in [-0.4, -0.2) is 30.6 Å². The predicted octanol–water partition coefficient (Wildman–Crippen LogP) is 3.71. The average molecular weight is 393 g/mol. The number of hydrogen-bond donors (Lipinski definition) is 2. The topological polar surface area (TPSA) is 72.5 Å². The van der Waals surface area contributed by atoms with Gasteiger partial charge in [-0.3, -0.25) is 4.79 Å². The number of anilines is 2. The van der Waals surface area contributed by atoms with Gasteiger partial charge < -0.3 is 20.1 Å². The van der Waals surface area contributed by atoms with E-state index in [-0.39, 0.29) is 11.7 Å². The Labute approximate surface area is 167 Å². The van der Waals surface area contributed by atoms with Crippen molar-refractivity contribution in [3.63, 3.8) is 0 Å². The molecule has 0 saturated heterocycles. The van der Waals surface area contributed by atoms with E-state index < -0.39 is 0 Å². The van der Waals surface area contributed by atoms with Crippen LogP contribution in [0.3, 0.4) is 0 Å². The van der Waals surface area contributed by atoms with E-state index in [2.05, 4.69) is 15.6 Å². The van der Waals surface area contributed by atoms with Crippen LogP contribution in [0.15, 0.2) is 60.8 Å². The van der Waals surface area contributed by atoms with Crippen LogP contribution in [0.2, 0.25) is 0 Å². The lowest BCUT2D eigenvalue weighted by Crippen LogP contribution is -2.26. The number of nitrogens with one attached hydrogen (secondary N) is 2. The first-order valence-electron chi connectivity index (χ1n) is 9.33. The first kappa shape index (κ1) is 18.7. The minimum atomic E-state index is -0.271. The van der Waals surface area contributed by atoms with E-state index >= 15 is 0 Å². The van der Waals surface area contributed by atoms with Crippen molar-refractivity contribution in [3.8, 4) is 11.5 Å². The molecule has 7 heteroatoms. The molecule has 0 aliphatic carbocycles. The van der Waals surface area contributed by atoms with E-state index in [1.807, 2.05) is 18.2 Å². The lowest BCUT2D eigenvalue weighted by Gasteiger charge is -2.19. The molecule has 0 atom stereocenters. The summed E-state index contributed by atoms with van der Waals surface area (Å²) in [6, 6.07) is 15.3. The molecule has 1 aromatic heterocycles. The number of carbonyl (C=O) groups is 1.